The zero-order chi connectivity index (χ0) is 21.0. The maximum absolute atomic E-state index is 13.0. The molecule has 0 unspecified atom stereocenters. The van der Waals surface area contributed by atoms with Crippen molar-refractivity contribution in [2.24, 2.45) is 12.8 Å². The van der Waals surface area contributed by atoms with Gasteiger partial charge in [0.05, 0.1) is 11.0 Å². The zero-order valence-corrected chi connectivity index (χ0v) is 16.6. The lowest BCUT2D eigenvalue weighted by Crippen LogP contribution is -2.28. The lowest BCUT2D eigenvalue weighted by atomic mass is 9.97. The van der Waals surface area contributed by atoms with Gasteiger partial charge in [0.2, 0.25) is 5.91 Å². The number of carbonyl (C=O) groups excluding carboxylic acids is 1. The highest BCUT2D eigenvalue weighted by Crippen LogP contribution is 2.49. The fourth-order valence-electron chi connectivity index (χ4n) is 3.38. The quantitative estimate of drug-likeness (QED) is 0.635. The number of alkyl halides is 3. The van der Waals surface area contributed by atoms with E-state index in [2.05, 4.69) is 15.0 Å². The lowest BCUT2D eigenvalue weighted by Gasteiger charge is -2.14. The Morgan fingerprint density at radius 2 is 2.00 bits per heavy atom. The van der Waals surface area contributed by atoms with Crippen LogP contribution in [0.2, 0.25) is 0 Å². The molecule has 3 aromatic heterocycles. The van der Waals surface area contributed by atoms with Crippen LogP contribution in [0, 0.1) is 0 Å². The van der Waals surface area contributed by atoms with Crippen molar-refractivity contribution >= 4 is 28.8 Å². The Kier molecular flexibility index (Phi) is 4.56. The largest absolute Gasteiger partial charge is 0.417 e. The Morgan fingerprint density at radius 1 is 1.28 bits per heavy atom. The van der Waals surface area contributed by atoms with Crippen LogP contribution in [0.3, 0.4) is 0 Å². The summed E-state index contributed by atoms with van der Waals surface area (Å²) in [4.78, 5) is 25.5. The Hall–Kier alpha value is -2.62. The van der Waals surface area contributed by atoms with E-state index in [1.54, 1.807) is 17.8 Å². The van der Waals surface area contributed by atoms with E-state index in [1.807, 2.05) is 13.0 Å². The third-order valence-corrected chi connectivity index (χ3v) is 6.09. The summed E-state index contributed by atoms with van der Waals surface area (Å²) in [5.74, 6) is 0.798. The van der Waals surface area contributed by atoms with Crippen LogP contribution in [-0.4, -0.2) is 31.2 Å². The molecule has 6 nitrogen and oxygen atoms in total. The molecule has 152 valence electrons. The number of nitrogens with two attached hydrogens (primary N) is 1. The first kappa shape index (κ1) is 19.7. The number of pyridine rings is 2. The van der Waals surface area contributed by atoms with Crippen molar-refractivity contribution in [3.05, 3.63) is 35.7 Å². The predicted octanol–water partition coefficient (Wildman–Crippen LogP) is 3.68. The lowest BCUT2D eigenvalue weighted by molar-refractivity contribution is -0.137. The van der Waals surface area contributed by atoms with E-state index < -0.39 is 17.2 Å². The molecule has 0 bridgehead atoms. The van der Waals surface area contributed by atoms with Gasteiger partial charge < -0.3 is 10.3 Å². The molecule has 1 amide bonds. The number of imidazole rings is 1. The summed E-state index contributed by atoms with van der Waals surface area (Å²) in [6, 6.07) is 2.88. The number of rotatable bonds is 5. The Morgan fingerprint density at radius 3 is 2.59 bits per heavy atom. The van der Waals surface area contributed by atoms with Gasteiger partial charge in [-0.2, -0.15) is 13.2 Å². The number of primary amides is 1. The maximum Gasteiger partial charge on any atom is 0.417 e. The average molecular weight is 421 g/mol. The molecule has 0 radical (unpaired) electrons. The van der Waals surface area contributed by atoms with Crippen LogP contribution in [0.4, 0.5) is 13.2 Å². The number of fused-ring (bicyclic) bond motifs is 1. The molecule has 0 atom stereocenters. The summed E-state index contributed by atoms with van der Waals surface area (Å²) in [5.41, 5.74) is 5.84. The number of carbonyl (C=O) groups is 1. The van der Waals surface area contributed by atoms with E-state index in [1.165, 1.54) is 11.8 Å². The van der Waals surface area contributed by atoms with E-state index in [0.717, 1.165) is 28.5 Å². The Balaban J connectivity index is 1.84. The van der Waals surface area contributed by atoms with Crippen LogP contribution in [0.15, 0.2) is 29.4 Å². The van der Waals surface area contributed by atoms with Gasteiger partial charge in [0, 0.05) is 24.3 Å². The summed E-state index contributed by atoms with van der Waals surface area (Å²) >= 11 is 1.52. The molecule has 3 aromatic rings. The summed E-state index contributed by atoms with van der Waals surface area (Å²) in [6.45, 7) is 1.98. The standard InChI is InChI=1S/C19H18F3N5OS/c1-3-29-13-7-10(18(4-5-18)17(23)28)8-24-14(13)16-26-12-6-11(19(20,21)22)9-25-15(12)27(16)2/h6-9H,3-5H2,1-2H3,(H2,23,28). The van der Waals surface area contributed by atoms with Gasteiger partial charge >= 0.3 is 6.18 Å². The first-order chi connectivity index (χ1) is 13.7. The minimum atomic E-state index is -4.49. The number of aromatic nitrogens is 4. The minimum Gasteiger partial charge on any atom is -0.369 e. The number of amides is 1. The van der Waals surface area contributed by atoms with Crippen molar-refractivity contribution in [3.63, 3.8) is 0 Å². The van der Waals surface area contributed by atoms with Crippen molar-refractivity contribution in [1.29, 1.82) is 0 Å². The molecule has 1 saturated carbocycles. The fraction of sp³-hybridized carbons (Fsp3) is 0.368. The second-order valence-electron chi connectivity index (χ2n) is 7.01. The topological polar surface area (TPSA) is 86.7 Å². The molecular weight excluding hydrogens is 403 g/mol. The van der Waals surface area contributed by atoms with Gasteiger partial charge in [-0.15, -0.1) is 11.8 Å². The number of aryl methyl sites for hydroxylation is 1. The van der Waals surface area contributed by atoms with Crippen LogP contribution >= 0.6 is 11.8 Å². The minimum absolute atomic E-state index is 0.145. The van der Waals surface area contributed by atoms with Gasteiger partial charge in [-0.3, -0.25) is 9.78 Å². The third kappa shape index (κ3) is 3.25. The number of hydrogen-bond acceptors (Lipinski definition) is 5. The fourth-order valence-corrected chi connectivity index (χ4v) is 4.19. The van der Waals surface area contributed by atoms with E-state index in [-0.39, 0.29) is 11.4 Å². The summed E-state index contributed by atoms with van der Waals surface area (Å²) < 4.78 is 40.7. The number of halogens is 3. The molecular formula is C19H18F3N5OS. The molecule has 10 heteroatoms. The first-order valence-corrected chi connectivity index (χ1v) is 9.99. The number of hydrogen-bond donors (Lipinski definition) is 1. The zero-order valence-electron chi connectivity index (χ0n) is 15.7. The maximum atomic E-state index is 13.0. The molecule has 0 aliphatic heterocycles. The van der Waals surface area contributed by atoms with Gasteiger partial charge in [0.25, 0.3) is 0 Å². The second kappa shape index (κ2) is 6.72. The van der Waals surface area contributed by atoms with Crippen LogP contribution in [0.25, 0.3) is 22.7 Å². The molecule has 2 N–H and O–H groups in total. The van der Waals surface area contributed by atoms with Crippen molar-refractivity contribution in [2.75, 3.05) is 5.75 Å². The van der Waals surface area contributed by atoms with Crippen molar-refractivity contribution in [3.8, 4) is 11.5 Å². The van der Waals surface area contributed by atoms with Gasteiger partial charge in [-0.25, -0.2) is 9.97 Å². The van der Waals surface area contributed by atoms with Crippen molar-refractivity contribution < 1.29 is 18.0 Å². The highest BCUT2D eigenvalue weighted by molar-refractivity contribution is 7.99. The highest BCUT2D eigenvalue weighted by atomic mass is 32.2. The second-order valence-corrected chi connectivity index (χ2v) is 8.31. The molecule has 3 heterocycles. The highest BCUT2D eigenvalue weighted by Gasteiger charge is 2.50. The van der Waals surface area contributed by atoms with E-state index in [9.17, 15) is 18.0 Å². The molecule has 0 spiro atoms. The third-order valence-electron chi connectivity index (χ3n) is 5.17. The molecule has 1 aliphatic carbocycles. The Labute approximate surface area is 168 Å². The van der Waals surface area contributed by atoms with Gasteiger partial charge in [0.15, 0.2) is 11.5 Å². The van der Waals surface area contributed by atoms with Crippen LogP contribution < -0.4 is 5.73 Å². The average Bonchev–Trinajstić information content (AvgIpc) is 3.41. The van der Waals surface area contributed by atoms with Crippen LogP contribution in [0.5, 0.6) is 0 Å². The van der Waals surface area contributed by atoms with Gasteiger partial charge in [-0.1, -0.05) is 6.92 Å². The number of thioether (sulfide) groups is 1. The first-order valence-electron chi connectivity index (χ1n) is 9.00. The molecule has 1 fully saturated rings. The monoisotopic (exact) mass is 421 g/mol. The molecule has 0 saturated heterocycles. The van der Waals surface area contributed by atoms with E-state index in [0.29, 0.717) is 30.0 Å². The SMILES string of the molecule is CCSc1cc(C2(C(N)=O)CC2)cnc1-c1nc2cc(C(F)(F)F)cnc2n1C. The smallest absolute Gasteiger partial charge is 0.369 e. The van der Waals surface area contributed by atoms with Crippen LogP contribution in [0.1, 0.15) is 30.9 Å². The van der Waals surface area contributed by atoms with Crippen molar-refractivity contribution in [2.45, 2.75) is 36.3 Å². The van der Waals surface area contributed by atoms with Crippen LogP contribution in [-0.2, 0) is 23.4 Å². The summed E-state index contributed by atoms with van der Waals surface area (Å²) in [7, 11) is 1.69. The predicted molar refractivity (Wildman–Crippen MR) is 103 cm³/mol. The summed E-state index contributed by atoms with van der Waals surface area (Å²) in [6.07, 6.45) is -0.697. The van der Waals surface area contributed by atoms with Crippen molar-refractivity contribution in [1.82, 2.24) is 19.5 Å². The molecule has 0 aromatic carbocycles. The van der Waals surface area contributed by atoms with E-state index >= 15 is 0 Å². The van der Waals surface area contributed by atoms with Gasteiger partial charge in [0.1, 0.15) is 11.2 Å². The summed E-state index contributed by atoms with van der Waals surface area (Å²) in [5, 5.41) is 0. The number of nitrogens with zero attached hydrogens (tertiary/aromatic N) is 4. The molecule has 1 aliphatic rings. The Bertz CT molecular complexity index is 1120. The van der Waals surface area contributed by atoms with E-state index in [4.69, 9.17) is 5.73 Å². The van der Waals surface area contributed by atoms with Gasteiger partial charge in [-0.05, 0) is 36.3 Å². The molecule has 4 rings (SSSR count). The molecule has 29 heavy (non-hydrogen) atoms. The normalized spacial score (nSPS) is 15.6.